The molecule has 0 spiro atoms. The number of hydrogen-bond donors (Lipinski definition) is 1. The van der Waals surface area contributed by atoms with Gasteiger partial charge in [0.25, 0.3) is 0 Å². The van der Waals surface area contributed by atoms with Crippen LogP contribution in [0.1, 0.15) is 12.0 Å². The summed E-state index contributed by atoms with van der Waals surface area (Å²) in [5.74, 6) is 0.414. The lowest BCUT2D eigenvalue weighted by atomic mass is 10.2. The van der Waals surface area contributed by atoms with Crippen molar-refractivity contribution >= 4 is 33.2 Å². The standard InChI is InChI=1S/C13H14N2O3S2/c14-7-10-2-1-3-11(6-10)15-13(16)8-19-12-4-5-20(17,18)9-12/h1-3,6,12H,4-5,8-9H2,(H,15,16)/t12-/m1/s1. The Bertz CT molecular complexity index is 650. The lowest BCUT2D eigenvalue weighted by Crippen LogP contribution is -2.17. The van der Waals surface area contributed by atoms with Gasteiger partial charge in [0.15, 0.2) is 9.84 Å². The minimum absolute atomic E-state index is 0.0104. The van der Waals surface area contributed by atoms with Crippen LogP contribution in [0.15, 0.2) is 24.3 Å². The molecule has 1 aromatic rings. The highest BCUT2D eigenvalue weighted by Crippen LogP contribution is 2.24. The first-order valence-electron chi connectivity index (χ1n) is 6.10. The molecule has 0 aromatic heterocycles. The molecule has 1 N–H and O–H groups in total. The molecule has 0 aliphatic carbocycles. The summed E-state index contributed by atoms with van der Waals surface area (Å²) >= 11 is 1.37. The Balaban J connectivity index is 1.83. The summed E-state index contributed by atoms with van der Waals surface area (Å²) in [5, 5.41) is 11.5. The van der Waals surface area contributed by atoms with Crippen LogP contribution in [0.4, 0.5) is 5.69 Å². The van der Waals surface area contributed by atoms with E-state index in [1.54, 1.807) is 24.3 Å². The first kappa shape index (κ1) is 14.9. The van der Waals surface area contributed by atoms with Crippen LogP contribution in [0.25, 0.3) is 0 Å². The predicted molar refractivity (Wildman–Crippen MR) is 79.3 cm³/mol. The number of nitrogens with one attached hydrogen (secondary N) is 1. The summed E-state index contributed by atoms with van der Waals surface area (Å²) in [6.07, 6.45) is 0.615. The summed E-state index contributed by atoms with van der Waals surface area (Å²) in [7, 11) is -2.90. The Morgan fingerprint density at radius 1 is 1.50 bits per heavy atom. The fourth-order valence-corrected chi connectivity index (χ4v) is 5.39. The van der Waals surface area contributed by atoms with Crippen molar-refractivity contribution in [2.24, 2.45) is 0 Å². The molecule has 1 amide bonds. The highest BCUT2D eigenvalue weighted by molar-refractivity contribution is 8.02. The van der Waals surface area contributed by atoms with E-state index in [4.69, 9.17) is 5.26 Å². The number of anilines is 1. The lowest BCUT2D eigenvalue weighted by molar-refractivity contribution is -0.113. The Morgan fingerprint density at radius 2 is 2.30 bits per heavy atom. The van der Waals surface area contributed by atoms with Crippen LogP contribution in [-0.2, 0) is 14.6 Å². The molecule has 5 nitrogen and oxygen atoms in total. The lowest BCUT2D eigenvalue weighted by Gasteiger charge is -2.08. The number of nitriles is 1. The van der Waals surface area contributed by atoms with Crippen molar-refractivity contribution in [2.45, 2.75) is 11.7 Å². The highest BCUT2D eigenvalue weighted by atomic mass is 32.2. The number of amides is 1. The summed E-state index contributed by atoms with van der Waals surface area (Å²) in [6.45, 7) is 0. The molecule has 1 aliphatic rings. The number of thioether (sulfide) groups is 1. The third-order valence-corrected chi connectivity index (χ3v) is 6.20. The third-order valence-electron chi connectivity index (χ3n) is 2.92. The monoisotopic (exact) mass is 310 g/mol. The highest BCUT2D eigenvalue weighted by Gasteiger charge is 2.28. The maximum absolute atomic E-state index is 11.8. The zero-order valence-electron chi connectivity index (χ0n) is 10.7. The Kier molecular flexibility index (Phi) is 4.68. The Hall–Kier alpha value is -1.52. The van der Waals surface area contributed by atoms with Gasteiger partial charge in [-0.3, -0.25) is 4.79 Å². The van der Waals surface area contributed by atoms with Gasteiger partial charge in [-0.25, -0.2) is 8.42 Å². The molecular weight excluding hydrogens is 296 g/mol. The van der Waals surface area contributed by atoms with Gasteiger partial charge in [-0.15, -0.1) is 11.8 Å². The van der Waals surface area contributed by atoms with Gasteiger partial charge in [0.05, 0.1) is 28.9 Å². The molecule has 20 heavy (non-hydrogen) atoms. The van der Waals surface area contributed by atoms with Gasteiger partial charge in [-0.1, -0.05) is 6.07 Å². The number of hydrogen-bond acceptors (Lipinski definition) is 5. The first-order chi connectivity index (χ1) is 9.48. The molecule has 7 heteroatoms. The zero-order valence-corrected chi connectivity index (χ0v) is 12.3. The van der Waals surface area contributed by atoms with E-state index in [2.05, 4.69) is 5.32 Å². The molecule has 2 rings (SSSR count). The zero-order chi connectivity index (χ0) is 14.6. The second kappa shape index (κ2) is 6.29. The number of nitrogens with zero attached hydrogens (tertiary/aromatic N) is 1. The molecule has 1 atom stereocenters. The quantitative estimate of drug-likeness (QED) is 0.908. The summed E-state index contributed by atoms with van der Waals surface area (Å²) in [5.41, 5.74) is 1.06. The molecule has 0 unspecified atom stereocenters. The Labute approximate surface area is 122 Å². The minimum Gasteiger partial charge on any atom is -0.325 e. The summed E-state index contributed by atoms with van der Waals surface area (Å²) < 4.78 is 22.6. The third kappa shape index (κ3) is 4.25. The van der Waals surface area contributed by atoms with Gasteiger partial charge < -0.3 is 5.32 Å². The number of sulfone groups is 1. The van der Waals surface area contributed by atoms with Crippen molar-refractivity contribution in [1.82, 2.24) is 0 Å². The number of carbonyl (C=O) groups is 1. The summed E-state index contributed by atoms with van der Waals surface area (Å²) in [4.78, 5) is 11.8. The SMILES string of the molecule is N#Cc1cccc(NC(=O)CS[C@@H]2CCS(=O)(=O)C2)c1. The average Bonchev–Trinajstić information content (AvgIpc) is 2.76. The molecule has 1 heterocycles. The van der Waals surface area contributed by atoms with Crippen LogP contribution in [0.5, 0.6) is 0 Å². The van der Waals surface area contributed by atoms with Gasteiger partial charge >= 0.3 is 0 Å². The van der Waals surface area contributed by atoms with Crippen LogP contribution < -0.4 is 5.32 Å². The van der Waals surface area contributed by atoms with E-state index in [0.717, 1.165) is 0 Å². The van der Waals surface area contributed by atoms with Crippen LogP contribution in [0, 0.1) is 11.3 Å². The van der Waals surface area contributed by atoms with E-state index >= 15 is 0 Å². The summed E-state index contributed by atoms with van der Waals surface area (Å²) in [6, 6.07) is 8.67. The molecule has 106 valence electrons. The van der Waals surface area contributed by atoms with Gasteiger partial charge in [0, 0.05) is 10.9 Å². The van der Waals surface area contributed by atoms with E-state index in [0.29, 0.717) is 17.7 Å². The molecule has 0 saturated carbocycles. The van der Waals surface area contributed by atoms with Gasteiger partial charge in [0.2, 0.25) is 5.91 Å². The minimum atomic E-state index is -2.90. The maximum Gasteiger partial charge on any atom is 0.234 e. The van der Waals surface area contributed by atoms with Crippen molar-refractivity contribution in [3.63, 3.8) is 0 Å². The second-order valence-corrected chi connectivity index (χ2v) is 8.09. The normalized spacial score (nSPS) is 20.2. The molecule has 1 fully saturated rings. The smallest absolute Gasteiger partial charge is 0.234 e. The van der Waals surface area contributed by atoms with E-state index in [1.807, 2.05) is 6.07 Å². The number of carbonyl (C=O) groups excluding carboxylic acids is 1. The Morgan fingerprint density at radius 3 is 2.95 bits per heavy atom. The largest absolute Gasteiger partial charge is 0.325 e. The van der Waals surface area contributed by atoms with E-state index < -0.39 is 9.84 Å². The average molecular weight is 310 g/mol. The van der Waals surface area contributed by atoms with Crippen molar-refractivity contribution < 1.29 is 13.2 Å². The van der Waals surface area contributed by atoms with Crippen LogP contribution in [0.3, 0.4) is 0 Å². The second-order valence-electron chi connectivity index (χ2n) is 4.58. The molecular formula is C13H14N2O3S2. The van der Waals surface area contributed by atoms with E-state index in [9.17, 15) is 13.2 Å². The fraction of sp³-hybridized carbons (Fsp3) is 0.385. The van der Waals surface area contributed by atoms with Crippen molar-refractivity contribution in [2.75, 3.05) is 22.6 Å². The molecule has 0 bridgehead atoms. The van der Waals surface area contributed by atoms with E-state index in [-0.39, 0.29) is 28.4 Å². The van der Waals surface area contributed by atoms with Gasteiger partial charge in [-0.2, -0.15) is 5.26 Å². The predicted octanol–water partition coefficient (Wildman–Crippen LogP) is 1.42. The first-order valence-corrected chi connectivity index (χ1v) is 8.97. The van der Waals surface area contributed by atoms with Gasteiger partial charge in [-0.05, 0) is 24.6 Å². The van der Waals surface area contributed by atoms with E-state index in [1.165, 1.54) is 11.8 Å². The van der Waals surface area contributed by atoms with Crippen molar-refractivity contribution in [1.29, 1.82) is 5.26 Å². The molecule has 1 aliphatic heterocycles. The number of benzene rings is 1. The fourth-order valence-electron chi connectivity index (χ4n) is 1.95. The van der Waals surface area contributed by atoms with Gasteiger partial charge in [0.1, 0.15) is 0 Å². The molecule has 1 saturated heterocycles. The van der Waals surface area contributed by atoms with Crippen LogP contribution in [0.2, 0.25) is 0 Å². The molecule has 1 aromatic carbocycles. The topological polar surface area (TPSA) is 87.0 Å². The van der Waals surface area contributed by atoms with Crippen LogP contribution >= 0.6 is 11.8 Å². The number of rotatable bonds is 4. The van der Waals surface area contributed by atoms with Crippen LogP contribution in [-0.4, -0.2) is 36.8 Å². The molecule has 0 radical (unpaired) electrons. The maximum atomic E-state index is 11.8. The van der Waals surface area contributed by atoms with Crippen molar-refractivity contribution in [3.8, 4) is 6.07 Å². The van der Waals surface area contributed by atoms with Crippen molar-refractivity contribution in [3.05, 3.63) is 29.8 Å².